The van der Waals surface area contributed by atoms with Crippen LogP contribution in [-0.2, 0) is 6.42 Å². The summed E-state index contributed by atoms with van der Waals surface area (Å²) >= 11 is 0. The lowest BCUT2D eigenvalue weighted by molar-refractivity contribution is -0.0263. The molecule has 0 aromatic heterocycles. The van der Waals surface area contributed by atoms with Crippen LogP contribution in [0.2, 0.25) is 0 Å². The Labute approximate surface area is 110 Å². The average Bonchev–Trinajstić information content (AvgIpc) is 2.39. The van der Waals surface area contributed by atoms with Crippen molar-refractivity contribution in [2.75, 3.05) is 0 Å². The van der Waals surface area contributed by atoms with Crippen molar-refractivity contribution in [1.29, 1.82) is 0 Å². The molecule has 2 atom stereocenters. The van der Waals surface area contributed by atoms with E-state index in [1.54, 1.807) is 0 Å². The van der Waals surface area contributed by atoms with E-state index in [2.05, 4.69) is 6.07 Å². The van der Waals surface area contributed by atoms with E-state index in [1.165, 1.54) is 24.8 Å². The number of aryl methyl sites for hydroxylation is 1. The van der Waals surface area contributed by atoms with E-state index in [0.717, 1.165) is 18.4 Å². The second-order valence-electron chi connectivity index (χ2n) is 5.65. The first-order valence-corrected chi connectivity index (χ1v) is 7.08. The largest absolute Gasteiger partial charge is 0.390 e. The van der Waals surface area contributed by atoms with Crippen LogP contribution in [0.25, 0.3) is 0 Å². The summed E-state index contributed by atoms with van der Waals surface area (Å²) in [7, 11) is 0. The standard InChI is InChI=1S/C16H24O2/c1-12-6-5-7-13(10-12)11-15(17)16(18)14-8-3-2-4-9-14/h5-7,10,14-18H,2-4,8-9,11H2,1H3. The molecule has 0 saturated heterocycles. The number of rotatable bonds is 4. The van der Waals surface area contributed by atoms with E-state index in [0.29, 0.717) is 12.3 Å². The minimum Gasteiger partial charge on any atom is -0.390 e. The summed E-state index contributed by atoms with van der Waals surface area (Å²) in [4.78, 5) is 0. The first-order valence-electron chi connectivity index (χ1n) is 7.08. The SMILES string of the molecule is Cc1cccc(CC(O)C(O)C2CCCCC2)c1. The molecule has 1 saturated carbocycles. The molecule has 0 spiro atoms. The molecule has 0 heterocycles. The normalized spacial score (nSPS) is 20.6. The van der Waals surface area contributed by atoms with Crippen LogP contribution in [0.15, 0.2) is 24.3 Å². The predicted octanol–water partition coefficient (Wildman–Crippen LogP) is 2.84. The third kappa shape index (κ3) is 3.56. The van der Waals surface area contributed by atoms with Crippen LogP contribution in [-0.4, -0.2) is 22.4 Å². The molecular formula is C16H24O2. The summed E-state index contributed by atoms with van der Waals surface area (Å²) < 4.78 is 0. The Morgan fingerprint density at radius 3 is 2.56 bits per heavy atom. The molecule has 1 fully saturated rings. The fraction of sp³-hybridized carbons (Fsp3) is 0.625. The lowest BCUT2D eigenvalue weighted by Gasteiger charge is -2.29. The van der Waals surface area contributed by atoms with Gasteiger partial charge < -0.3 is 10.2 Å². The molecule has 0 bridgehead atoms. The van der Waals surface area contributed by atoms with Crippen molar-refractivity contribution in [2.45, 2.75) is 57.7 Å². The molecule has 1 aliphatic rings. The van der Waals surface area contributed by atoms with Crippen molar-refractivity contribution in [1.82, 2.24) is 0 Å². The molecule has 1 aliphatic carbocycles. The topological polar surface area (TPSA) is 40.5 Å². The van der Waals surface area contributed by atoms with E-state index in [1.807, 2.05) is 25.1 Å². The van der Waals surface area contributed by atoms with Gasteiger partial charge in [0, 0.05) is 6.42 Å². The van der Waals surface area contributed by atoms with E-state index in [-0.39, 0.29) is 0 Å². The molecule has 2 rings (SSSR count). The van der Waals surface area contributed by atoms with Gasteiger partial charge >= 0.3 is 0 Å². The molecule has 0 aliphatic heterocycles. The van der Waals surface area contributed by atoms with E-state index in [4.69, 9.17) is 0 Å². The molecule has 2 heteroatoms. The number of aliphatic hydroxyl groups is 2. The van der Waals surface area contributed by atoms with Gasteiger partial charge in [0.15, 0.2) is 0 Å². The second kappa shape index (κ2) is 6.35. The zero-order valence-corrected chi connectivity index (χ0v) is 11.2. The van der Waals surface area contributed by atoms with E-state index < -0.39 is 12.2 Å². The van der Waals surface area contributed by atoms with E-state index in [9.17, 15) is 10.2 Å². The van der Waals surface area contributed by atoms with Crippen molar-refractivity contribution in [2.24, 2.45) is 5.92 Å². The van der Waals surface area contributed by atoms with Crippen LogP contribution >= 0.6 is 0 Å². The number of hydrogen-bond acceptors (Lipinski definition) is 2. The van der Waals surface area contributed by atoms with Crippen molar-refractivity contribution in [3.8, 4) is 0 Å². The van der Waals surface area contributed by atoms with Gasteiger partial charge in [0.25, 0.3) is 0 Å². The molecule has 0 radical (unpaired) electrons. The number of hydrogen-bond donors (Lipinski definition) is 2. The minimum absolute atomic E-state index is 0.290. The van der Waals surface area contributed by atoms with E-state index >= 15 is 0 Å². The zero-order chi connectivity index (χ0) is 13.0. The summed E-state index contributed by atoms with van der Waals surface area (Å²) in [6.07, 6.45) is 5.15. The third-order valence-corrected chi connectivity index (χ3v) is 4.05. The Morgan fingerprint density at radius 2 is 1.89 bits per heavy atom. The van der Waals surface area contributed by atoms with Crippen molar-refractivity contribution in [3.63, 3.8) is 0 Å². The summed E-state index contributed by atoms with van der Waals surface area (Å²) in [6, 6.07) is 8.15. The van der Waals surface area contributed by atoms with Gasteiger partial charge in [-0.05, 0) is 31.2 Å². The van der Waals surface area contributed by atoms with Crippen molar-refractivity contribution in [3.05, 3.63) is 35.4 Å². The van der Waals surface area contributed by atoms with Gasteiger partial charge in [-0.1, -0.05) is 49.1 Å². The highest BCUT2D eigenvalue weighted by atomic mass is 16.3. The van der Waals surface area contributed by atoms with Crippen LogP contribution in [0.4, 0.5) is 0 Å². The quantitative estimate of drug-likeness (QED) is 0.860. The predicted molar refractivity (Wildman–Crippen MR) is 73.5 cm³/mol. The molecule has 1 aromatic rings. The van der Waals surface area contributed by atoms with Gasteiger partial charge in [-0.25, -0.2) is 0 Å². The molecule has 18 heavy (non-hydrogen) atoms. The first-order chi connectivity index (χ1) is 8.66. The first kappa shape index (κ1) is 13.6. The highest BCUT2D eigenvalue weighted by molar-refractivity contribution is 5.22. The molecule has 2 nitrogen and oxygen atoms in total. The highest BCUT2D eigenvalue weighted by Gasteiger charge is 2.27. The molecule has 2 N–H and O–H groups in total. The van der Waals surface area contributed by atoms with Crippen molar-refractivity contribution >= 4 is 0 Å². The summed E-state index contributed by atoms with van der Waals surface area (Å²) in [6.45, 7) is 2.05. The Bertz CT molecular complexity index is 369. The minimum atomic E-state index is -0.630. The van der Waals surface area contributed by atoms with Gasteiger partial charge in [-0.15, -0.1) is 0 Å². The maximum atomic E-state index is 10.2. The van der Waals surface area contributed by atoms with Gasteiger partial charge in [0.05, 0.1) is 12.2 Å². The Kier molecular flexibility index (Phi) is 4.79. The fourth-order valence-corrected chi connectivity index (χ4v) is 2.99. The summed E-state index contributed by atoms with van der Waals surface area (Å²) in [5.41, 5.74) is 2.31. The number of benzene rings is 1. The van der Waals surface area contributed by atoms with Gasteiger partial charge in [-0.3, -0.25) is 0 Å². The van der Waals surface area contributed by atoms with Crippen LogP contribution < -0.4 is 0 Å². The molecule has 0 amide bonds. The van der Waals surface area contributed by atoms with Crippen LogP contribution in [0.1, 0.15) is 43.2 Å². The average molecular weight is 248 g/mol. The highest BCUT2D eigenvalue weighted by Crippen LogP contribution is 2.28. The summed E-state index contributed by atoms with van der Waals surface area (Å²) in [5, 5.41) is 20.4. The molecule has 2 unspecified atom stereocenters. The van der Waals surface area contributed by atoms with Crippen LogP contribution in [0.5, 0.6) is 0 Å². The zero-order valence-electron chi connectivity index (χ0n) is 11.2. The smallest absolute Gasteiger partial charge is 0.0842 e. The van der Waals surface area contributed by atoms with Gasteiger partial charge in [0.1, 0.15) is 0 Å². The maximum absolute atomic E-state index is 10.2. The monoisotopic (exact) mass is 248 g/mol. The van der Waals surface area contributed by atoms with Gasteiger partial charge in [0.2, 0.25) is 0 Å². The molecular weight excluding hydrogens is 224 g/mol. The maximum Gasteiger partial charge on any atom is 0.0842 e. The molecule has 100 valence electrons. The lowest BCUT2D eigenvalue weighted by Crippen LogP contribution is -2.36. The Morgan fingerprint density at radius 1 is 1.17 bits per heavy atom. The van der Waals surface area contributed by atoms with Crippen molar-refractivity contribution < 1.29 is 10.2 Å². The second-order valence-corrected chi connectivity index (χ2v) is 5.65. The van der Waals surface area contributed by atoms with Crippen LogP contribution in [0.3, 0.4) is 0 Å². The number of aliphatic hydroxyl groups excluding tert-OH is 2. The fourth-order valence-electron chi connectivity index (χ4n) is 2.99. The lowest BCUT2D eigenvalue weighted by atomic mass is 9.82. The molecule has 1 aromatic carbocycles. The van der Waals surface area contributed by atoms with Crippen LogP contribution in [0, 0.1) is 12.8 Å². The third-order valence-electron chi connectivity index (χ3n) is 4.05. The Balaban J connectivity index is 1.92. The Hall–Kier alpha value is -0.860. The summed E-state index contributed by atoms with van der Waals surface area (Å²) in [5.74, 6) is 0.290. The van der Waals surface area contributed by atoms with Gasteiger partial charge in [-0.2, -0.15) is 0 Å².